The molecule has 0 spiro atoms. The molecule has 36 heavy (non-hydrogen) atoms. The first-order valence-electron chi connectivity index (χ1n) is 12.0. The molecule has 2 aromatic carbocycles. The number of carbonyl (C=O) groups excluding carboxylic acids is 2. The van der Waals surface area contributed by atoms with Crippen LogP contribution in [0.25, 0.3) is 10.8 Å². The minimum absolute atomic E-state index is 0.107. The van der Waals surface area contributed by atoms with Crippen LogP contribution in [0.5, 0.6) is 0 Å². The van der Waals surface area contributed by atoms with E-state index in [1.807, 2.05) is 47.1 Å². The molecule has 0 fully saturated rings. The normalized spacial score (nSPS) is 13.9. The Bertz CT molecular complexity index is 1510. The van der Waals surface area contributed by atoms with Crippen molar-refractivity contribution in [3.05, 3.63) is 93.2 Å². The fourth-order valence-corrected chi connectivity index (χ4v) is 4.81. The molecule has 0 radical (unpaired) electrons. The molecule has 0 bridgehead atoms. The van der Waals surface area contributed by atoms with E-state index in [-0.39, 0.29) is 17.4 Å². The van der Waals surface area contributed by atoms with Gasteiger partial charge >= 0.3 is 0 Å². The molecule has 5 rings (SSSR count). The van der Waals surface area contributed by atoms with Crippen molar-refractivity contribution in [3.63, 3.8) is 0 Å². The van der Waals surface area contributed by atoms with E-state index in [4.69, 9.17) is 5.10 Å². The summed E-state index contributed by atoms with van der Waals surface area (Å²) in [6.45, 7) is 3.16. The molecule has 0 aliphatic carbocycles. The maximum atomic E-state index is 13.6. The summed E-state index contributed by atoms with van der Waals surface area (Å²) in [6.07, 6.45) is 0.591. The summed E-state index contributed by atoms with van der Waals surface area (Å²) >= 11 is 0. The number of hydrogen-bond donors (Lipinski definition) is 1. The van der Waals surface area contributed by atoms with Gasteiger partial charge in [0.1, 0.15) is 0 Å². The summed E-state index contributed by atoms with van der Waals surface area (Å²) < 4.78 is 1.89. The molecular formula is C27H28N6O3. The van der Waals surface area contributed by atoms with Gasteiger partial charge in [0, 0.05) is 50.2 Å². The number of hydrogen-bond acceptors (Lipinski definition) is 5. The first kappa shape index (κ1) is 23.5. The van der Waals surface area contributed by atoms with E-state index in [2.05, 4.69) is 10.2 Å². The Morgan fingerprint density at radius 1 is 1.06 bits per heavy atom. The summed E-state index contributed by atoms with van der Waals surface area (Å²) in [7, 11) is 3.40. The largest absolute Gasteiger partial charge is 0.343 e. The van der Waals surface area contributed by atoms with Crippen LogP contribution in [0.15, 0.2) is 59.4 Å². The van der Waals surface area contributed by atoms with Crippen molar-refractivity contribution in [2.24, 2.45) is 0 Å². The van der Waals surface area contributed by atoms with Gasteiger partial charge in [-0.2, -0.15) is 10.2 Å². The van der Waals surface area contributed by atoms with E-state index in [1.54, 1.807) is 38.1 Å². The number of benzene rings is 2. The van der Waals surface area contributed by atoms with E-state index in [0.29, 0.717) is 48.2 Å². The topological polar surface area (TPSA) is 104 Å². The highest BCUT2D eigenvalue weighted by molar-refractivity contribution is 5.94. The molecule has 0 saturated heterocycles. The number of H-pyrrole nitrogens is 1. The molecule has 184 valence electrons. The summed E-state index contributed by atoms with van der Waals surface area (Å²) in [6, 6.07) is 17.1. The summed E-state index contributed by atoms with van der Waals surface area (Å²) in [5.41, 5.74) is 3.49. The van der Waals surface area contributed by atoms with Crippen LogP contribution in [0.4, 0.5) is 0 Å². The molecule has 9 nitrogen and oxygen atoms in total. The van der Waals surface area contributed by atoms with Gasteiger partial charge in [0.25, 0.3) is 11.5 Å². The smallest absolute Gasteiger partial charge is 0.274 e. The Balaban J connectivity index is 1.47. The van der Waals surface area contributed by atoms with Gasteiger partial charge in [-0.3, -0.25) is 19.1 Å². The maximum Gasteiger partial charge on any atom is 0.274 e. The summed E-state index contributed by atoms with van der Waals surface area (Å²) in [5, 5.41) is 12.6. The number of amides is 2. The highest BCUT2D eigenvalue weighted by atomic mass is 16.2. The predicted molar refractivity (Wildman–Crippen MR) is 136 cm³/mol. The zero-order chi connectivity index (χ0) is 25.4. The molecular weight excluding hydrogens is 456 g/mol. The van der Waals surface area contributed by atoms with Gasteiger partial charge in [0.15, 0.2) is 5.69 Å². The molecule has 1 unspecified atom stereocenters. The number of rotatable bonds is 5. The molecule has 1 N–H and O–H groups in total. The van der Waals surface area contributed by atoms with Crippen molar-refractivity contribution >= 4 is 22.6 Å². The lowest BCUT2D eigenvalue weighted by Gasteiger charge is -2.30. The van der Waals surface area contributed by atoms with Crippen LogP contribution in [0.1, 0.15) is 45.8 Å². The van der Waals surface area contributed by atoms with Crippen LogP contribution in [0.2, 0.25) is 0 Å². The molecule has 0 saturated carbocycles. The molecule has 1 aliphatic rings. The monoisotopic (exact) mass is 484 g/mol. The number of aromatic amines is 1. The highest BCUT2D eigenvalue weighted by Crippen LogP contribution is 2.28. The number of nitrogens with one attached hydrogen (secondary N) is 1. The molecule has 3 heterocycles. The van der Waals surface area contributed by atoms with Crippen LogP contribution in [-0.4, -0.2) is 62.2 Å². The molecule has 2 aromatic heterocycles. The van der Waals surface area contributed by atoms with Crippen LogP contribution in [-0.2, 0) is 24.3 Å². The van der Waals surface area contributed by atoms with Crippen LogP contribution in [0.3, 0.4) is 0 Å². The lowest BCUT2D eigenvalue weighted by Crippen LogP contribution is -2.39. The quantitative estimate of drug-likeness (QED) is 0.469. The van der Waals surface area contributed by atoms with E-state index in [1.165, 1.54) is 4.90 Å². The van der Waals surface area contributed by atoms with Gasteiger partial charge in [-0.25, -0.2) is 5.10 Å². The van der Waals surface area contributed by atoms with Crippen molar-refractivity contribution in [2.75, 3.05) is 20.6 Å². The average molecular weight is 485 g/mol. The molecule has 2 amide bonds. The number of fused-ring (bicyclic) bond motifs is 2. The number of nitrogens with zero attached hydrogens (tertiary/aromatic N) is 5. The second kappa shape index (κ2) is 9.41. The second-order valence-corrected chi connectivity index (χ2v) is 9.33. The lowest BCUT2D eigenvalue weighted by atomic mass is 9.98. The lowest BCUT2D eigenvalue weighted by molar-refractivity contribution is -0.133. The maximum absolute atomic E-state index is 13.6. The van der Waals surface area contributed by atoms with Crippen molar-refractivity contribution < 1.29 is 9.59 Å². The minimum Gasteiger partial charge on any atom is -0.343 e. The standard InChI is InChI=1S/C27H28N6O3/c1-17(23-19-11-7-8-12-20(19)25(34)29-28-23)26(35)32-14-13-22-21(16-32)24(27(36)31(2)3)30-33(22)15-18-9-5-4-6-10-18/h4-12,17H,13-16H2,1-3H3,(H,29,34). The zero-order valence-electron chi connectivity index (χ0n) is 20.6. The van der Waals surface area contributed by atoms with E-state index in [9.17, 15) is 14.4 Å². The van der Waals surface area contributed by atoms with Gasteiger partial charge in [0.2, 0.25) is 5.91 Å². The third-order valence-corrected chi connectivity index (χ3v) is 6.74. The van der Waals surface area contributed by atoms with E-state index >= 15 is 0 Å². The van der Waals surface area contributed by atoms with Gasteiger partial charge in [-0.05, 0) is 18.6 Å². The van der Waals surface area contributed by atoms with Crippen LogP contribution < -0.4 is 5.56 Å². The van der Waals surface area contributed by atoms with Gasteiger partial charge in [0.05, 0.1) is 23.5 Å². The average Bonchev–Trinajstić information content (AvgIpc) is 3.25. The Labute approximate surface area is 208 Å². The fourth-order valence-electron chi connectivity index (χ4n) is 4.81. The van der Waals surface area contributed by atoms with Gasteiger partial charge in [-0.1, -0.05) is 48.5 Å². The van der Waals surface area contributed by atoms with Crippen molar-refractivity contribution in [1.82, 2.24) is 29.8 Å². The fraction of sp³-hybridized carbons (Fsp3) is 0.296. The first-order valence-corrected chi connectivity index (χ1v) is 12.0. The van der Waals surface area contributed by atoms with E-state index < -0.39 is 5.92 Å². The van der Waals surface area contributed by atoms with E-state index in [0.717, 1.165) is 16.8 Å². The minimum atomic E-state index is -0.569. The molecule has 1 atom stereocenters. The first-order chi connectivity index (χ1) is 17.3. The second-order valence-electron chi connectivity index (χ2n) is 9.33. The Morgan fingerprint density at radius 2 is 1.75 bits per heavy atom. The Hall–Kier alpha value is -4.27. The predicted octanol–water partition coefficient (Wildman–Crippen LogP) is 2.56. The molecule has 4 aromatic rings. The SMILES string of the molecule is CC(C(=O)N1CCc2c(c(C(=O)N(C)C)nn2Cc2ccccc2)C1)c1n[nH]c(=O)c2ccccc12. The van der Waals surface area contributed by atoms with Gasteiger partial charge < -0.3 is 9.80 Å². The summed E-state index contributed by atoms with van der Waals surface area (Å²) in [4.78, 5) is 42.1. The number of aromatic nitrogens is 4. The van der Waals surface area contributed by atoms with Crippen molar-refractivity contribution in [2.45, 2.75) is 32.4 Å². The van der Waals surface area contributed by atoms with Crippen LogP contribution in [0, 0.1) is 0 Å². The summed E-state index contributed by atoms with van der Waals surface area (Å²) in [5.74, 6) is -0.862. The highest BCUT2D eigenvalue weighted by Gasteiger charge is 2.33. The zero-order valence-corrected chi connectivity index (χ0v) is 20.6. The van der Waals surface area contributed by atoms with Crippen molar-refractivity contribution in [3.8, 4) is 0 Å². The molecule has 1 aliphatic heterocycles. The van der Waals surface area contributed by atoms with Crippen molar-refractivity contribution in [1.29, 1.82) is 0 Å². The van der Waals surface area contributed by atoms with Crippen LogP contribution >= 0.6 is 0 Å². The third-order valence-electron chi connectivity index (χ3n) is 6.74. The van der Waals surface area contributed by atoms with Gasteiger partial charge in [-0.15, -0.1) is 0 Å². The molecule has 9 heteroatoms. The Morgan fingerprint density at radius 3 is 2.47 bits per heavy atom. The third kappa shape index (κ3) is 4.17. The Kier molecular flexibility index (Phi) is 6.13. The number of carbonyl (C=O) groups is 2.